The van der Waals surface area contributed by atoms with Crippen molar-refractivity contribution in [1.82, 2.24) is 10.6 Å². The van der Waals surface area contributed by atoms with E-state index in [4.69, 9.17) is 0 Å². The molecule has 0 spiro atoms. The van der Waals surface area contributed by atoms with Crippen molar-refractivity contribution in [3.8, 4) is 0 Å². The summed E-state index contributed by atoms with van der Waals surface area (Å²) in [4.78, 5) is 22.1. The van der Waals surface area contributed by atoms with Crippen molar-refractivity contribution >= 4 is 34.7 Å². The molecule has 6 nitrogen and oxygen atoms in total. The fourth-order valence-corrected chi connectivity index (χ4v) is 2.69. The first kappa shape index (κ1) is 15.9. The zero-order chi connectivity index (χ0) is 13.2. The number of halogens is 1. The molecule has 1 saturated heterocycles. The highest BCUT2D eigenvalue weighted by atomic mass is 35.5. The van der Waals surface area contributed by atoms with Crippen LogP contribution in [-0.4, -0.2) is 29.5 Å². The van der Waals surface area contributed by atoms with Gasteiger partial charge in [-0.25, -0.2) is 0 Å². The van der Waals surface area contributed by atoms with Gasteiger partial charge in [0.15, 0.2) is 0 Å². The quantitative estimate of drug-likeness (QED) is 0.660. The van der Waals surface area contributed by atoms with Crippen LogP contribution in [-0.2, 0) is 0 Å². The number of thiophene rings is 1. The Labute approximate surface area is 121 Å². The molecule has 0 unspecified atom stereocenters. The number of rotatable bonds is 3. The Morgan fingerprint density at radius 2 is 2.16 bits per heavy atom. The van der Waals surface area contributed by atoms with Gasteiger partial charge in [0.2, 0.25) is 0 Å². The summed E-state index contributed by atoms with van der Waals surface area (Å²) in [7, 11) is 0. The first-order valence-corrected chi connectivity index (χ1v) is 6.64. The highest BCUT2D eigenvalue weighted by Crippen LogP contribution is 2.24. The molecule has 1 aromatic heterocycles. The van der Waals surface area contributed by atoms with Crippen LogP contribution in [0.15, 0.2) is 11.4 Å². The Bertz CT molecular complexity index is 472. The van der Waals surface area contributed by atoms with E-state index in [0.717, 1.165) is 37.3 Å². The van der Waals surface area contributed by atoms with Gasteiger partial charge < -0.3 is 10.6 Å². The summed E-state index contributed by atoms with van der Waals surface area (Å²) in [6, 6.07) is 1.32. The molecule has 1 fully saturated rings. The van der Waals surface area contributed by atoms with Crippen LogP contribution in [0.5, 0.6) is 0 Å². The van der Waals surface area contributed by atoms with Crippen molar-refractivity contribution in [2.75, 3.05) is 13.1 Å². The van der Waals surface area contributed by atoms with Crippen molar-refractivity contribution in [2.24, 2.45) is 0 Å². The lowest BCUT2D eigenvalue weighted by Crippen LogP contribution is -2.52. The van der Waals surface area contributed by atoms with Gasteiger partial charge in [0.25, 0.3) is 5.91 Å². The van der Waals surface area contributed by atoms with E-state index >= 15 is 0 Å². The van der Waals surface area contributed by atoms with E-state index < -0.39 is 4.92 Å². The molecule has 1 aliphatic heterocycles. The van der Waals surface area contributed by atoms with Crippen molar-refractivity contribution < 1.29 is 9.72 Å². The van der Waals surface area contributed by atoms with Crippen molar-refractivity contribution in [3.05, 3.63) is 27.1 Å². The number of carbonyl (C=O) groups is 1. The lowest BCUT2D eigenvalue weighted by molar-refractivity contribution is -0.380. The number of nitro groups is 1. The highest BCUT2D eigenvalue weighted by Gasteiger charge is 2.29. The Morgan fingerprint density at radius 1 is 1.53 bits per heavy atom. The SMILES string of the molecule is CC1(NC(=O)c2csc([N+](=O)[O-])c2)CCNCC1.Cl. The fraction of sp³-hybridized carbons (Fsp3) is 0.545. The first-order chi connectivity index (χ1) is 8.50. The van der Waals surface area contributed by atoms with Crippen LogP contribution in [0, 0.1) is 10.1 Å². The van der Waals surface area contributed by atoms with E-state index in [-0.39, 0.29) is 28.9 Å². The van der Waals surface area contributed by atoms with Gasteiger partial charge >= 0.3 is 5.00 Å². The van der Waals surface area contributed by atoms with E-state index in [1.54, 1.807) is 0 Å². The van der Waals surface area contributed by atoms with E-state index in [0.29, 0.717) is 5.56 Å². The van der Waals surface area contributed by atoms with E-state index in [1.165, 1.54) is 11.4 Å². The molecule has 0 aliphatic carbocycles. The Hall–Kier alpha value is -1.18. The van der Waals surface area contributed by atoms with Crippen molar-refractivity contribution in [3.63, 3.8) is 0 Å². The summed E-state index contributed by atoms with van der Waals surface area (Å²) in [6.45, 7) is 3.76. The standard InChI is InChI=1S/C11H15N3O3S.ClH/c1-11(2-4-12-5-3-11)13-10(15)8-6-9(14(16)17)18-7-8;/h6-7,12H,2-5H2,1H3,(H,13,15);1H. The predicted octanol–water partition coefficient (Wildman–Crippen LogP) is 1.95. The van der Waals surface area contributed by atoms with E-state index in [2.05, 4.69) is 10.6 Å². The summed E-state index contributed by atoms with van der Waals surface area (Å²) in [5.41, 5.74) is 0.144. The largest absolute Gasteiger partial charge is 0.347 e. The molecule has 0 atom stereocenters. The van der Waals surface area contributed by atoms with Gasteiger partial charge in [-0.15, -0.1) is 12.4 Å². The summed E-state index contributed by atoms with van der Waals surface area (Å²) in [5, 5.41) is 18.3. The lowest BCUT2D eigenvalue weighted by atomic mass is 9.90. The zero-order valence-electron chi connectivity index (χ0n) is 10.5. The third-order valence-corrected chi connectivity index (χ3v) is 4.03. The zero-order valence-corrected chi connectivity index (χ0v) is 12.1. The maximum atomic E-state index is 12.0. The van der Waals surface area contributed by atoms with Crippen LogP contribution in [0.25, 0.3) is 0 Å². The second-order valence-electron chi connectivity index (χ2n) is 4.70. The minimum Gasteiger partial charge on any atom is -0.347 e. The molecule has 19 heavy (non-hydrogen) atoms. The Kier molecular flexibility index (Phi) is 5.28. The maximum absolute atomic E-state index is 12.0. The molecule has 2 heterocycles. The van der Waals surface area contributed by atoms with Gasteiger partial charge in [-0.05, 0) is 32.9 Å². The van der Waals surface area contributed by atoms with Gasteiger partial charge in [-0.3, -0.25) is 14.9 Å². The van der Waals surface area contributed by atoms with Gasteiger partial charge in [0.05, 0.1) is 10.5 Å². The fourth-order valence-electron chi connectivity index (χ4n) is 1.99. The summed E-state index contributed by atoms with van der Waals surface area (Å²) in [6.07, 6.45) is 1.73. The predicted molar refractivity (Wildman–Crippen MR) is 76.2 cm³/mol. The average Bonchev–Trinajstić information content (AvgIpc) is 2.78. The molecule has 8 heteroatoms. The van der Waals surface area contributed by atoms with Crippen LogP contribution in [0.1, 0.15) is 30.1 Å². The molecular formula is C11H16ClN3O3S. The number of piperidine rings is 1. The normalized spacial score (nSPS) is 17.3. The van der Waals surface area contributed by atoms with Crippen molar-refractivity contribution in [2.45, 2.75) is 25.3 Å². The molecular weight excluding hydrogens is 290 g/mol. The third kappa shape index (κ3) is 3.89. The van der Waals surface area contributed by atoms with Crippen LogP contribution in [0.3, 0.4) is 0 Å². The number of nitrogens with one attached hydrogen (secondary N) is 2. The van der Waals surface area contributed by atoms with Crippen LogP contribution in [0.2, 0.25) is 0 Å². The average molecular weight is 306 g/mol. The number of carbonyl (C=O) groups excluding carboxylic acids is 1. The third-order valence-electron chi connectivity index (χ3n) is 3.15. The topological polar surface area (TPSA) is 84.3 Å². The first-order valence-electron chi connectivity index (χ1n) is 5.76. The second-order valence-corrected chi connectivity index (χ2v) is 5.59. The minimum atomic E-state index is -0.478. The van der Waals surface area contributed by atoms with Gasteiger partial charge in [0, 0.05) is 17.0 Å². The van der Waals surface area contributed by atoms with Crippen LogP contribution < -0.4 is 10.6 Å². The van der Waals surface area contributed by atoms with Crippen LogP contribution >= 0.6 is 23.7 Å². The van der Waals surface area contributed by atoms with Gasteiger partial charge in [-0.1, -0.05) is 11.3 Å². The molecule has 0 aromatic carbocycles. The summed E-state index contributed by atoms with van der Waals surface area (Å²) in [5.74, 6) is -0.233. The van der Waals surface area contributed by atoms with E-state index in [9.17, 15) is 14.9 Å². The smallest absolute Gasteiger partial charge is 0.324 e. The molecule has 2 N–H and O–H groups in total. The molecule has 0 bridgehead atoms. The highest BCUT2D eigenvalue weighted by molar-refractivity contribution is 7.13. The molecule has 1 aromatic rings. The number of nitrogens with zero attached hydrogens (tertiary/aromatic N) is 1. The summed E-state index contributed by atoms with van der Waals surface area (Å²) >= 11 is 0.975. The molecule has 2 rings (SSSR count). The monoisotopic (exact) mass is 305 g/mol. The Morgan fingerprint density at radius 3 is 2.68 bits per heavy atom. The molecule has 106 valence electrons. The second kappa shape index (κ2) is 6.31. The molecule has 1 amide bonds. The minimum absolute atomic E-state index is 0. The summed E-state index contributed by atoms with van der Waals surface area (Å²) < 4.78 is 0. The molecule has 0 saturated carbocycles. The number of hydrogen-bond donors (Lipinski definition) is 2. The van der Waals surface area contributed by atoms with Gasteiger partial charge in [0.1, 0.15) is 0 Å². The number of amides is 1. The van der Waals surface area contributed by atoms with Crippen LogP contribution in [0.4, 0.5) is 5.00 Å². The Balaban J connectivity index is 0.00000180. The number of hydrogen-bond acceptors (Lipinski definition) is 5. The molecule has 0 radical (unpaired) electrons. The molecule has 1 aliphatic rings. The van der Waals surface area contributed by atoms with E-state index in [1.807, 2.05) is 6.92 Å². The lowest BCUT2D eigenvalue weighted by Gasteiger charge is -2.34. The maximum Gasteiger partial charge on any atom is 0.324 e. The van der Waals surface area contributed by atoms with Crippen molar-refractivity contribution in [1.29, 1.82) is 0 Å². The van der Waals surface area contributed by atoms with Gasteiger partial charge in [-0.2, -0.15) is 0 Å².